The predicted molar refractivity (Wildman–Crippen MR) is 130 cm³/mol. The maximum absolute atomic E-state index is 11.9. The maximum atomic E-state index is 11.9. The van der Waals surface area contributed by atoms with Crippen molar-refractivity contribution in [3.63, 3.8) is 0 Å². The number of rotatable bonds is 5. The van der Waals surface area contributed by atoms with Crippen molar-refractivity contribution in [2.24, 2.45) is 0 Å². The molecule has 0 aliphatic carbocycles. The Labute approximate surface area is 199 Å². The third kappa shape index (κ3) is 4.05. The van der Waals surface area contributed by atoms with E-state index in [0.29, 0.717) is 11.6 Å². The lowest BCUT2D eigenvalue weighted by Crippen LogP contribution is -2.54. The third-order valence-electron chi connectivity index (χ3n) is 7.12. The van der Waals surface area contributed by atoms with Crippen molar-refractivity contribution in [3.05, 3.63) is 49.1 Å². The molecule has 2 aliphatic heterocycles. The fraction of sp³-hybridized carbons (Fsp3) is 0.440. The van der Waals surface area contributed by atoms with Crippen LogP contribution in [0, 0.1) is 11.3 Å². The largest absolute Gasteiger partial charge is 0.370 e. The molecular formula is C25H30N8O. The molecular weight excluding hydrogens is 428 g/mol. The van der Waals surface area contributed by atoms with E-state index in [0.717, 1.165) is 81.0 Å². The fourth-order valence-corrected chi connectivity index (χ4v) is 5.17. The zero-order valence-corrected chi connectivity index (χ0v) is 19.6. The summed E-state index contributed by atoms with van der Waals surface area (Å²) >= 11 is 0. The minimum absolute atomic E-state index is 0.0250. The molecule has 0 unspecified atom stereocenters. The highest BCUT2D eigenvalue weighted by molar-refractivity contribution is 5.87. The molecule has 3 aromatic heterocycles. The number of nitriles is 1. The molecule has 0 aromatic carbocycles. The second kappa shape index (κ2) is 9.31. The molecule has 1 amide bonds. The first-order valence-electron chi connectivity index (χ1n) is 12.0. The molecule has 3 aromatic rings. The highest BCUT2D eigenvalue weighted by atomic mass is 16.2. The van der Waals surface area contributed by atoms with Crippen LogP contribution in [0.1, 0.15) is 25.3 Å². The second-order valence-electron chi connectivity index (χ2n) is 8.95. The van der Waals surface area contributed by atoms with Crippen LogP contribution in [-0.2, 0) is 11.3 Å². The number of carbonyl (C=O) groups excluding carboxylic acids is 1. The average Bonchev–Trinajstić information content (AvgIpc) is 3.55. The van der Waals surface area contributed by atoms with Gasteiger partial charge in [0.15, 0.2) is 0 Å². The van der Waals surface area contributed by atoms with Gasteiger partial charge in [0.05, 0.1) is 23.6 Å². The lowest BCUT2D eigenvalue weighted by Gasteiger charge is -2.43. The summed E-state index contributed by atoms with van der Waals surface area (Å²) in [5.74, 6) is 0.0250. The summed E-state index contributed by atoms with van der Waals surface area (Å²) in [7, 11) is 0. The molecule has 0 N–H and O–H groups in total. The zero-order valence-electron chi connectivity index (χ0n) is 19.6. The molecule has 0 radical (unpaired) electrons. The quantitative estimate of drug-likeness (QED) is 0.546. The van der Waals surface area contributed by atoms with Crippen molar-refractivity contribution in [2.75, 3.05) is 44.2 Å². The third-order valence-corrected chi connectivity index (χ3v) is 7.12. The standard InChI is InChI=1S/C25H30N8O/c1-3-24(34)31-11-9-29(10-12-31)22-5-7-30(8-6-22)23-13-19(21-16-27-32(4-2)17-21)18-33-25(23)20(14-26)15-28-33/h3,13,15-18,22H,1,4-12H2,2H3. The van der Waals surface area contributed by atoms with Crippen LogP contribution in [0.2, 0.25) is 0 Å². The molecule has 34 heavy (non-hydrogen) atoms. The van der Waals surface area contributed by atoms with Gasteiger partial charge in [-0.15, -0.1) is 0 Å². The monoisotopic (exact) mass is 458 g/mol. The first-order chi connectivity index (χ1) is 16.6. The lowest BCUT2D eigenvalue weighted by molar-refractivity contribution is -0.128. The first-order valence-corrected chi connectivity index (χ1v) is 12.0. The molecule has 2 saturated heterocycles. The van der Waals surface area contributed by atoms with Crippen LogP contribution in [0.3, 0.4) is 0 Å². The number of carbonyl (C=O) groups is 1. The van der Waals surface area contributed by atoms with E-state index in [1.807, 2.05) is 32.7 Å². The predicted octanol–water partition coefficient (Wildman–Crippen LogP) is 2.39. The van der Waals surface area contributed by atoms with Gasteiger partial charge in [-0.1, -0.05) is 6.58 Å². The molecule has 176 valence electrons. The maximum Gasteiger partial charge on any atom is 0.246 e. The SMILES string of the molecule is C=CC(=O)N1CCN(C2CCN(c3cc(-c4cnn(CC)c4)cn4ncc(C#N)c34)CC2)CC1. The van der Waals surface area contributed by atoms with Crippen molar-refractivity contribution in [1.29, 1.82) is 5.26 Å². The summed E-state index contributed by atoms with van der Waals surface area (Å²) in [6, 6.07) is 5.00. The number of anilines is 1. The number of nitrogens with zero attached hydrogens (tertiary/aromatic N) is 8. The van der Waals surface area contributed by atoms with Crippen LogP contribution >= 0.6 is 0 Å². The summed E-state index contributed by atoms with van der Waals surface area (Å²) in [6.07, 6.45) is 11.1. The molecule has 9 nitrogen and oxygen atoms in total. The van der Waals surface area contributed by atoms with Crippen LogP contribution in [0.25, 0.3) is 16.6 Å². The highest BCUT2D eigenvalue weighted by Crippen LogP contribution is 2.33. The van der Waals surface area contributed by atoms with E-state index in [1.165, 1.54) is 6.08 Å². The molecule has 5 rings (SSSR count). The number of amides is 1. The summed E-state index contributed by atoms with van der Waals surface area (Å²) in [6.45, 7) is 11.7. The number of piperazine rings is 1. The van der Waals surface area contributed by atoms with Crippen LogP contribution in [0.4, 0.5) is 5.69 Å². The van der Waals surface area contributed by atoms with Crippen molar-refractivity contribution >= 4 is 17.1 Å². The van der Waals surface area contributed by atoms with Crippen molar-refractivity contribution in [1.82, 2.24) is 29.2 Å². The Morgan fingerprint density at radius 3 is 2.53 bits per heavy atom. The van der Waals surface area contributed by atoms with Crippen LogP contribution in [0.15, 0.2) is 43.5 Å². The molecule has 5 heterocycles. The molecule has 2 aliphatic rings. The van der Waals surface area contributed by atoms with Crippen LogP contribution in [0.5, 0.6) is 0 Å². The van der Waals surface area contributed by atoms with Gasteiger partial charge in [-0.2, -0.15) is 15.5 Å². The van der Waals surface area contributed by atoms with Gasteiger partial charge in [-0.3, -0.25) is 14.4 Å². The van der Waals surface area contributed by atoms with Crippen molar-refractivity contribution < 1.29 is 4.79 Å². The molecule has 9 heteroatoms. The van der Waals surface area contributed by atoms with Gasteiger partial charge in [0.1, 0.15) is 11.6 Å². The Hall–Kier alpha value is -3.64. The Bertz CT molecular complexity index is 1240. The Morgan fingerprint density at radius 2 is 1.88 bits per heavy atom. The number of piperidine rings is 1. The number of pyridine rings is 1. The summed E-state index contributed by atoms with van der Waals surface area (Å²) in [5.41, 5.74) is 4.59. The van der Waals surface area contributed by atoms with Gasteiger partial charge in [0.2, 0.25) is 5.91 Å². The molecule has 2 fully saturated rings. The minimum atomic E-state index is 0.0250. The van der Waals surface area contributed by atoms with Crippen molar-refractivity contribution in [3.8, 4) is 17.2 Å². The number of aromatic nitrogens is 4. The highest BCUT2D eigenvalue weighted by Gasteiger charge is 2.29. The summed E-state index contributed by atoms with van der Waals surface area (Å²) in [4.78, 5) is 18.7. The second-order valence-corrected chi connectivity index (χ2v) is 8.95. The Balaban J connectivity index is 1.35. The average molecular weight is 459 g/mol. The first kappa shape index (κ1) is 22.2. The molecule has 0 saturated carbocycles. The Kier molecular flexibility index (Phi) is 6.07. The van der Waals surface area contributed by atoms with E-state index in [4.69, 9.17) is 0 Å². The Morgan fingerprint density at radius 1 is 1.12 bits per heavy atom. The van der Waals surface area contributed by atoms with Crippen LogP contribution in [-0.4, -0.2) is 80.4 Å². The van der Waals surface area contributed by atoms with Gasteiger partial charge >= 0.3 is 0 Å². The lowest BCUT2D eigenvalue weighted by atomic mass is 10.0. The summed E-state index contributed by atoms with van der Waals surface area (Å²) < 4.78 is 3.74. The van der Waals surface area contributed by atoms with E-state index >= 15 is 0 Å². The number of aryl methyl sites for hydroxylation is 1. The molecule has 0 spiro atoms. The van der Waals surface area contributed by atoms with E-state index in [2.05, 4.69) is 45.6 Å². The van der Waals surface area contributed by atoms with Gasteiger partial charge < -0.3 is 9.80 Å². The zero-order chi connectivity index (χ0) is 23.7. The summed E-state index contributed by atoms with van der Waals surface area (Å²) in [5, 5.41) is 18.6. The van der Waals surface area contributed by atoms with Gasteiger partial charge in [0.25, 0.3) is 0 Å². The normalized spacial score (nSPS) is 17.8. The smallest absolute Gasteiger partial charge is 0.246 e. The van der Waals surface area contributed by atoms with Gasteiger partial charge in [-0.05, 0) is 31.9 Å². The van der Waals surface area contributed by atoms with Gasteiger partial charge in [0, 0.05) is 75.4 Å². The van der Waals surface area contributed by atoms with E-state index in [9.17, 15) is 10.1 Å². The van der Waals surface area contributed by atoms with Gasteiger partial charge in [-0.25, -0.2) is 4.52 Å². The van der Waals surface area contributed by atoms with E-state index < -0.39 is 0 Å². The van der Waals surface area contributed by atoms with E-state index in [1.54, 1.807) is 6.20 Å². The van der Waals surface area contributed by atoms with Crippen molar-refractivity contribution in [2.45, 2.75) is 32.4 Å². The number of hydrogen-bond donors (Lipinski definition) is 0. The molecule has 0 bridgehead atoms. The number of hydrogen-bond acceptors (Lipinski definition) is 6. The molecule has 0 atom stereocenters. The topological polar surface area (TPSA) is 85.7 Å². The minimum Gasteiger partial charge on any atom is -0.370 e. The fourth-order valence-electron chi connectivity index (χ4n) is 5.17. The number of fused-ring (bicyclic) bond motifs is 1. The van der Waals surface area contributed by atoms with E-state index in [-0.39, 0.29) is 5.91 Å². The van der Waals surface area contributed by atoms with Crippen LogP contribution < -0.4 is 4.90 Å².